The molecule has 104 valence electrons. The molecule has 2 atom stereocenters. The third-order valence-corrected chi connectivity index (χ3v) is 4.57. The van der Waals surface area contributed by atoms with Crippen LogP contribution in [0.2, 0.25) is 0 Å². The van der Waals surface area contributed by atoms with E-state index in [1.165, 1.54) is 11.1 Å². The zero-order chi connectivity index (χ0) is 14.0. The smallest absolute Gasteiger partial charge is 0.0768 e. The molecule has 1 aromatic heterocycles. The van der Waals surface area contributed by atoms with Gasteiger partial charge in [-0.1, -0.05) is 43.3 Å². The SMILES string of the molecule is CCC(O)(Cc1ccccc1)C1CCc2cccnc21. The van der Waals surface area contributed by atoms with Crippen LogP contribution in [0.4, 0.5) is 0 Å². The fraction of sp³-hybridized carbons (Fsp3) is 0.389. The molecule has 2 unspecified atom stereocenters. The van der Waals surface area contributed by atoms with Crippen molar-refractivity contribution < 1.29 is 5.11 Å². The molecule has 0 amide bonds. The molecule has 3 rings (SSSR count). The maximum Gasteiger partial charge on any atom is 0.0768 e. The average molecular weight is 267 g/mol. The summed E-state index contributed by atoms with van der Waals surface area (Å²) < 4.78 is 0. The predicted molar refractivity (Wildman–Crippen MR) is 80.7 cm³/mol. The molecule has 0 spiro atoms. The Bertz CT molecular complexity index is 581. The van der Waals surface area contributed by atoms with Crippen molar-refractivity contribution in [1.82, 2.24) is 4.98 Å². The lowest BCUT2D eigenvalue weighted by Gasteiger charge is -2.33. The Hall–Kier alpha value is -1.67. The summed E-state index contributed by atoms with van der Waals surface area (Å²) in [6, 6.07) is 14.4. The van der Waals surface area contributed by atoms with E-state index in [1.807, 2.05) is 30.5 Å². The number of aryl methyl sites for hydroxylation is 1. The molecule has 0 bridgehead atoms. The second-order valence-corrected chi connectivity index (χ2v) is 5.76. The van der Waals surface area contributed by atoms with Crippen molar-refractivity contribution in [2.45, 2.75) is 44.1 Å². The summed E-state index contributed by atoms with van der Waals surface area (Å²) in [7, 11) is 0. The maximum atomic E-state index is 11.2. The Kier molecular flexibility index (Phi) is 3.58. The van der Waals surface area contributed by atoms with Gasteiger partial charge in [0, 0.05) is 24.2 Å². The number of aromatic nitrogens is 1. The van der Waals surface area contributed by atoms with Gasteiger partial charge in [-0.05, 0) is 36.5 Å². The fourth-order valence-corrected chi connectivity index (χ4v) is 3.38. The van der Waals surface area contributed by atoms with Crippen LogP contribution in [0.3, 0.4) is 0 Å². The van der Waals surface area contributed by atoms with Crippen molar-refractivity contribution >= 4 is 0 Å². The highest BCUT2D eigenvalue weighted by Gasteiger charge is 2.40. The summed E-state index contributed by atoms with van der Waals surface area (Å²) in [4.78, 5) is 4.54. The van der Waals surface area contributed by atoms with Crippen LogP contribution in [0.15, 0.2) is 48.7 Å². The Morgan fingerprint density at radius 3 is 2.75 bits per heavy atom. The summed E-state index contributed by atoms with van der Waals surface area (Å²) in [6.07, 6.45) is 5.33. The number of pyridine rings is 1. The number of rotatable bonds is 4. The van der Waals surface area contributed by atoms with Crippen LogP contribution in [0.5, 0.6) is 0 Å². The second kappa shape index (κ2) is 5.37. The first kappa shape index (κ1) is 13.3. The molecule has 1 aromatic carbocycles. The van der Waals surface area contributed by atoms with E-state index in [1.54, 1.807) is 0 Å². The Morgan fingerprint density at radius 2 is 2.00 bits per heavy atom. The summed E-state index contributed by atoms with van der Waals surface area (Å²) in [5.41, 5.74) is 2.91. The van der Waals surface area contributed by atoms with Gasteiger partial charge >= 0.3 is 0 Å². The van der Waals surface area contributed by atoms with Gasteiger partial charge in [0.1, 0.15) is 0 Å². The first-order valence-electron chi connectivity index (χ1n) is 7.43. The van der Waals surface area contributed by atoms with E-state index < -0.39 is 5.60 Å². The molecule has 2 heteroatoms. The Labute approximate surface area is 120 Å². The minimum Gasteiger partial charge on any atom is -0.389 e. The predicted octanol–water partition coefficient (Wildman–Crippen LogP) is 3.50. The van der Waals surface area contributed by atoms with E-state index in [4.69, 9.17) is 0 Å². The van der Waals surface area contributed by atoms with Gasteiger partial charge in [-0.3, -0.25) is 4.98 Å². The second-order valence-electron chi connectivity index (χ2n) is 5.76. The molecule has 2 aromatic rings. The number of hydrogen-bond donors (Lipinski definition) is 1. The summed E-state index contributed by atoms with van der Waals surface area (Å²) in [5.74, 6) is 0.156. The highest BCUT2D eigenvalue weighted by atomic mass is 16.3. The molecule has 1 heterocycles. The van der Waals surface area contributed by atoms with Crippen molar-refractivity contribution in [3.63, 3.8) is 0 Å². The topological polar surface area (TPSA) is 33.1 Å². The lowest BCUT2D eigenvalue weighted by Crippen LogP contribution is -2.37. The Balaban J connectivity index is 1.90. The van der Waals surface area contributed by atoms with Crippen molar-refractivity contribution in [2.75, 3.05) is 0 Å². The highest BCUT2D eigenvalue weighted by molar-refractivity contribution is 5.32. The lowest BCUT2D eigenvalue weighted by atomic mass is 9.78. The third kappa shape index (κ3) is 2.36. The summed E-state index contributed by atoms with van der Waals surface area (Å²) in [5, 5.41) is 11.2. The molecule has 1 aliphatic carbocycles. The molecule has 0 aliphatic heterocycles. The van der Waals surface area contributed by atoms with Gasteiger partial charge in [0.05, 0.1) is 5.60 Å². The van der Waals surface area contributed by atoms with Crippen LogP contribution in [0.25, 0.3) is 0 Å². The quantitative estimate of drug-likeness (QED) is 0.919. The lowest BCUT2D eigenvalue weighted by molar-refractivity contribution is 0.00728. The molecular formula is C18H21NO. The van der Waals surface area contributed by atoms with Gasteiger partial charge in [0.25, 0.3) is 0 Å². The van der Waals surface area contributed by atoms with Crippen LogP contribution in [-0.2, 0) is 12.8 Å². The van der Waals surface area contributed by atoms with E-state index in [0.29, 0.717) is 6.42 Å². The van der Waals surface area contributed by atoms with Crippen LogP contribution in [-0.4, -0.2) is 15.7 Å². The first-order chi connectivity index (χ1) is 9.73. The molecular weight excluding hydrogens is 246 g/mol. The zero-order valence-electron chi connectivity index (χ0n) is 11.9. The monoisotopic (exact) mass is 267 g/mol. The van der Waals surface area contributed by atoms with Crippen LogP contribution in [0.1, 0.15) is 42.5 Å². The number of hydrogen-bond acceptors (Lipinski definition) is 2. The zero-order valence-corrected chi connectivity index (χ0v) is 11.9. The molecule has 1 N–H and O–H groups in total. The van der Waals surface area contributed by atoms with Crippen molar-refractivity contribution in [2.24, 2.45) is 0 Å². The van der Waals surface area contributed by atoms with Gasteiger partial charge in [-0.15, -0.1) is 0 Å². The molecule has 0 saturated carbocycles. The molecule has 20 heavy (non-hydrogen) atoms. The van der Waals surface area contributed by atoms with E-state index in [0.717, 1.165) is 25.0 Å². The number of aliphatic hydroxyl groups is 1. The third-order valence-electron chi connectivity index (χ3n) is 4.57. The van der Waals surface area contributed by atoms with E-state index >= 15 is 0 Å². The van der Waals surface area contributed by atoms with Crippen molar-refractivity contribution in [3.05, 3.63) is 65.5 Å². The Morgan fingerprint density at radius 1 is 1.20 bits per heavy atom. The summed E-state index contributed by atoms with van der Waals surface area (Å²) >= 11 is 0. The molecule has 0 radical (unpaired) electrons. The fourth-order valence-electron chi connectivity index (χ4n) is 3.38. The van der Waals surface area contributed by atoms with Crippen LogP contribution in [0, 0.1) is 0 Å². The highest BCUT2D eigenvalue weighted by Crippen LogP contribution is 2.42. The van der Waals surface area contributed by atoms with E-state index in [2.05, 4.69) is 30.1 Å². The number of benzene rings is 1. The van der Waals surface area contributed by atoms with Crippen LogP contribution >= 0.6 is 0 Å². The minimum absolute atomic E-state index is 0.156. The minimum atomic E-state index is -0.693. The average Bonchev–Trinajstić information content (AvgIpc) is 2.93. The van der Waals surface area contributed by atoms with Gasteiger partial charge in [0.2, 0.25) is 0 Å². The van der Waals surface area contributed by atoms with Crippen molar-refractivity contribution in [3.8, 4) is 0 Å². The molecule has 2 nitrogen and oxygen atoms in total. The normalized spacial score (nSPS) is 20.4. The molecule has 0 fully saturated rings. The van der Waals surface area contributed by atoms with Crippen LogP contribution < -0.4 is 0 Å². The van der Waals surface area contributed by atoms with Gasteiger partial charge < -0.3 is 5.11 Å². The molecule has 1 aliphatic rings. The standard InChI is InChI=1S/C18H21NO/c1-2-18(20,13-14-7-4-3-5-8-14)16-11-10-15-9-6-12-19-17(15)16/h3-9,12,16,20H,2,10-11,13H2,1H3. The number of nitrogens with zero attached hydrogens (tertiary/aromatic N) is 1. The number of fused-ring (bicyclic) bond motifs is 1. The largest absolute Gasteiger partial charge is 0.389 e. The van der Waals surface area contributed by atoms with Crippen molar-refractivity contribution in [1.29, 1.82) is 0 Å². The summed E-state index contributed by atoms with van der Waals surface area (Å²) in [6.45, 7) is 2.07. The van der Waals surface area contributed by atoms with E-state index in [-0.39, 0.29) is 5.92 Å². The first-order valence-corrected chi connectivity index (χ1v) is 7.43. The molecule has 0 saturated heterocycles. The maximum absolute atomic E-state index is 11.2. The van der Waals surface area contributed by atoms with Gasteiger partial charge in [0.15, 0.2) is 0 Å². The van der Waals surface area contributed by atoms with E-state index in [9.17, 15) is 5.11 Å². The van der Waals surface area contributed by atoms with Gasteiger partial charge in [-0.25, -0.2) is 0 Å². The van der Waals surface area contributed by atoms with Gasteiger partial charge in [-0.2, -0.15) is 0 Å².